The molecule has 0 unspecified atom stereocenters. The molecule has 1 aliphatic carbocycles. The van der Waals surface area contributed by atoms with Crippen LogP contribution in [-0.2, 0) is 9.59 Å². The number of rotatable bonds is 6. The van der Waals surface area contributed by atoms with Gasteiger partial charge in [0.15, 0.2) is 0 Å². The molecule has 1 saturated carbocycles. The Morgan fingerprint density at radius 2 is 1.83 bits per heavy atom. The molecule has 0 bridgehead atoms. The van der Waals surface area contributed by atoms with Gasteiger partial charge in [-0.15, -0.1) is 0 Å². The summed E-state index contributed by atoms with van der Waals surface area (Å²) in [5.74, 6) is -0.815. The summed E-state index contributed by atoms with van der Waals surface area (Å²) < 4.78 is 0. The second-order valence-electron chi connectivity index (χ2n) is 5.75. The fourth-order valence-electron chi connectivity index (χ4n) is 2.87. The molecular weight excluding hydrogens is 296 g/mol. The third-order valence-corrected chi connectivity index (χ3v) is 4.14. The van der Waals surface area contributed by atoms with E-state index < -0.39 is 5.91 Å². The summed E-state index contributed by atoms with van der Waals surface area (Å²) in [6.07, 6.45) is 2.88. The number of benzene rings is 1. The maximum Gasteiger partial charge on any atom is 0.251 e. The molecule has 0 aliphatic heterocycles. The van der Waals surface area contributed by atoms with Gasteiger partial charge >= 0.3 is 0 Å². The molecule has 3 amide bonds. The topological polar surface area (TPSA) is 127 Å². The Labute approximate surface area is 134 Å². The number of carbonyl (C=O) groups is 3. The predicted molar refractivity (Wildman–Crippen MR) is 86.5 cm³/mol. The molecule has 0 saturated heterocycles. The number of nitrogens with one attached hydrogen (secondary N) is 2. The Balaban J connectivity index is 1.93. The number of amides is 3. The molecule has 0 heterocycles. The Kier molecular flexibility index (Phi) is 5.70. The molecule has 1 aromatic carbocycles. The molecular formula is C16H22N4O3. The highest BCUT2D eigenvalue weighted by Gasteiger charge is 2.31. The minimum atomic E-state index is -0.603. The summed E-state index contributed by atoms with van der Waals surface area (Å²) in [7, 11) is 0. The second kappa shape index (κ2) is 7.73. The van der Waals surface area contributed by atoms with Crippen LogP contribution < -0.4 is 22.1 Å². The average molecular weight is 318 g/mol. The van der Waals surface area contributed by atoms with E-state index >= 15 is 0 Å². The molecule has 1 aromatic rings. The SMILES string of the molecule is NC[C@H]1CCC[C@H]1C(=O)Nc1ccc(C(=O)NCC(N)=O)cc1. The van der Waals surface area contributed by atoms with E-state index in [4.69, 9.17) is 11.5 Å². The third-order valence-electron chi connectivity index (χ3n) is 4.14. The van der Waals surface area contributed by atoms with Crippen LogP contribution in [-0.4, -0.2) is 30.8 Å². The Hall–Kier alpha value is -2.41. The third kappa shape index (κ3) is 4.53. The number of hydrogen-bond donors (Lipinski definition) is 4. The van der Waals surface area contributed by atoms with Crippen LogP contribution in [0.5, 0.6) is 0 Å². The smallest absolute Gasteiger partial charge is 0.251 e. The van der Waals surface area contributed by atoms with Gasteiger partial charge in [-0.05, 0) is 49.6 Å². The van der Waals surface area contributed by atoms with Gasteiger partial charge in [0, 0.05) is 17.2 Å². The maximum atomic E-state index is 12.3. The van der Waals surface area contributed by atoms with E-state index in [0.29, 0.717) is 17.8 Å². The molecule has 0 aromatic heterocycles. The van der Waals surface area contributed by atoms with Crippen molar-refractivity contribution < 1.29 is 14.4 Å². The minimum absolute atomic E-state index is 0.0242. The molecule has 7 heteroatoms. The maximum absolute atomic E-state index is 12.3. The van der Waals surface area contributed by atoms with Crippen LogP contribution in [0.25, 0.3) is 0 Å². The van der Waals surface area contributed by atoms with Crippen molar-refractivity contribution in [2.75, 3.05) is 18.4 Å². The predicted octanol–water partition coefficient (Wildman–Crippen LogP) is 0.215. The van der Waals surface area contributed by atoms with Gasteiger partial charge in [-0.1, -0.05) is 6.42 Å². The van der Waals surface area contributed by atoms with Gasteiger partial charge in [-0.25, -0.2) is 0 Å². The lowest BCUT2D eigenvalue weighted by molar-refractivity contribution is -0.120. The Morgan fingerprint density at radius 3 is 2.43 bits per heavy atom. The van der Waals surface area contributed by atoms with Crippen molar-refractivity contribution in [2.24, 2.45) is 23.3 Å². The van der Waals surface area contributed by atoms with Gasteiger partial charge in [-0.3, -0.25) is 14.4 Å². The normalized spacial score (nSPS) is 20.0. The summed E-state index contributed by atoms with van der Waals surface area (Å²) in [4.78, 5) is 34.7. The fourth-order valence-corrected chi connectivity index (χ4v) is 2.87. The highest BCUT2D eigenvalue weighted by atomic mass is 16.2. The van der Waals surface area contributed by atoms with E-state index in [1.54, 1.807) is 24.3 Å². The molecule has 0 spiro atoms. The van der Waals surface area contributed by atoms with Gasteiger partial charge in [0.1, 0.15) is 0 Å². The number of hydrogen-bond acceptors (Lipinski definition) is 4. The summed E-state index contributed by atoms with van der Waals surface area (Å²) in [5, 5.41) is 5.27. The molecule has 124 valence electrons. The van der Waals surface area contributed by atoms with E-state index in [1.165, 1.54) is 0 Å². The summed E-state index contributed by atoms with van der Waals surface area (Å²) >= 11 is 0. The molecule has 1 fully saturated rings. The average Bonchev–Trinajstić information content (AvgIpc) is 3.02. The van der Waals surface area contributed by atoms with Crippen molar-refractivity contribution in [3.63, 3.8) is 0 Å². The first-order valence-corrected chi connectivity index (χ1v) is 7.68. The zero-order valence-corrected chi connectivity index (χ0v) is 12.9. The Morgan fingerprint density at radius 1 is 1.13 bits per heavy atom. The van der Waals surface area contributed by atoms with Crippen LogP contribution in [0, 0.1) is 11.8 Å². The largest absolute Gasteiger partial charge is 0.368 e. The van der Waals surface area contributed by atoms with Crippen molar-refractivity contribution in [3.05, 3.63) is 29.8 Å². The zero-order valence-electron chi connectivity index (χ0n) is 12.9. The molecule has 23 heavy (non-hydrogen) atoms. The standard InChI is InChI=1S/C16H22N4O3/c17-8-11-2-1-3-13(11)16(23)20-12-6-4-10(5-7-12)15(22)19-9-14(18)21/h4-7,11,13H,1-3,8-9,17H2,(H2,18,21)(H,19,22)(H,20,23)/t11-,13-/m1/s1. The monoisotopic (exact) mass is 318 g/mol. The first-order chi connectivity index (χ1) is 11.0. The van der Waals surface area contributed by atoms with Crippen molar-refractivity contribution in [1.82, 2.24) is 5.32 Å². The van der Waals surface area contributed by atoms with Gasteiger partial charge in [0.2, 0.25) is 11.8 Å². The molecule has 7 nitrogen and oxygen atoms in total. The number of carbonyl (C=O) groups excluding carboxylic acids is 3. The lowest BCUT2D eigenvalue weighted by Crippen LogP contribution is -2.33. The van der Waals surface area contributed by atoms with Crippen LogP contribution >= 0.6 is 0 Å². The number of anilines is 1. The van der Waals surface area contributed by atoms with Gasteiger partial charge in [-0.2, -0.15) is 0 Å². The van der Waals surface area contributed by atoms with E-state index in [-0.39, 0.29) is 30.2 Å². The molecule has 2 rings (SSSR count). The van der Waals surface area contributed by atoms with Crippen molar-refractivity contribution in [2.45, 2.75) is 19.3 Å². The van der Waals surface area contributed by atoms with Gasteiger partial charge in [0.25, 0.3) is 5.91 Å². The van der Waals surface area contributed by atoms with Gasteiger partial charge < -0.3 is 22.1 Å². The lowest BCUT2D eigenvalue weighted by atomic mass is 9.95. The lowest BCUT2D eigenvalue weighted by Gasteiger charge is -2.17. The first-order valence-electron chi connectivity index (χ1n) is 7.68. The van der Waals surface area contributed by atoms with Gasteiger partial charge in [0.05, 0.1) is 6.54 Å². The van der Waals surface area contributed by atoms with Crippen LogP contribution in [0.4, 0.5) is 5.69 Å². The van der Waals surface area contributed by atoms with Crippen LogP contribution in [0.2, 0.25) is 0 Å². The Bertz CT molecular complexity index is 585. The van der Waals surface area contributed by atoms with E-state index in [2.05, 4.69) is 10.6 Å². The van der Waals surface area contributed by atoms with E-state index in [1.807, 2.05) is 0 Å². The van der Waals surface area contributed by atoms with E-state index in [0.717, 1.165) is 19.3 Å². The van der Waals surface area contributed by atoms with Crippen molar-refractivity contribution in [1.29, 1.82) is 0 Å². The summed E-state index contributed by atoms with van der Waals surface area (Å²) in [6.45, 7) is 0.316. The van der Waals surface area contributed by atoms with Crippen molar-refractivity contribution >= 4 is 23.4 Å². The highest BCUT2D eigenvalue weighted by Crippen LogP contribution is 2.31. The molecule has 1 aliphatic rings. The van der Waals surface area contributed by atoms with E-state index in [9.17, 15) is 14.4 Å². The highest BCUT2D eigenvalue weighted by molar-refractivity contribution is 5.97. The second-order valence-corrected chi connectivity index (χ2v) is 5.75. The summed E-state index contributed by atoms with van der Waals surface area (Å²) in [6, 6.07) is 6.48. The number of primary amides is 1. The molecule has 0 radical (unpaired) electrons. The minimum Gasteiger partial charge on any atom is -0.368 e. The van der Waals surface area contributed by atoms with Crippen LogP contribution in [0.1, 0.15) is 29.6 Å². The van der Waals surface area contributed by atoms with Crippen LogP contribution in [0.3, 0.4) is 0 Å². The number of nitrogens with two attached hydrogens (primary N) is 2. The fraction of sp³-hybridized carbons (Fsp3) is 0.438. The van der Waals surface area contributed by atoms with Crippen molar-refractivity contribution in [3.8, 4) is 0 Å². The van der Waals surface area contributed by atoms with Crippen LogP contribution in [0.15, 0.2) is 24.3 Å². The summed E-state index contributed by atoms with van der Waals surface area (Å²) in [5.41, 5.74) is 11.7. The molecule has 2 atom stereocenters. The zero-order chi connectivity index (χ0) is 16.8. The molecule has 6 N–H and O–H groups in total. The quantitative estimate of drug-likeness (QED) is 0.598. The first kappa shape index (κ1) is 17.0.